The summed E-state index contributed by atoms with van der Waals surface area (Å²) < 4.78 is 0. The van der Waals surface area contributed by atoms with Gasteiger partial charge in [-0.05, 0) is 12.1 Å². The first-order valence-corrected chi connectivity index (χ1v) is 4.54. The molecule has 0 aromatic carbocycles. The molecule has 0 spiro atoms. The number of aliphatic hydroxyl groups is 1. The Labute approximate surface area is 86.6 Å². The number of hydrogen-bond donors (Lipinski definition) is 1. The highest BCUT2D eigenvalue weighted by molar-refractivity contribution is 5.92. The van der Waals surface area contributed by atoms with Gasteiger partial charge in [-0.3, -0.25) is 4.79 Å². The van der Waals surface area contributed by atoms with Crippen LogP contribution >= 0.6 is 0 Å². The molecule has 0 bridgehead atoms. The minimum absolute atomic E-state index is 0.204. The Morgan fingerprint density at radius 3 is 2.80 bits per heavy atom. The summed E-state index contributed by atoms with van der Waals surface area (Å²) in [4.78, 5) is 17.0. The molecule has 0 aliphatic carbocycles. The number of β-amino-alcohol motifs (C(OH)–C–C–N with tert-alkyl or cyclic N) is 1. The predicted octanol–water partition coefficient (Wildman–Crippen LogP) is -0.230. The first-order valence-electron chi connectivity index (χ1n) is 4.54. The van der Waals surface area contributed by atoms with Gasteiger partial charge in [0.2, 0.25) is 0 Å². The molecule has 15 heavy (non-hydrogen) atoms. The van der Waals surface area contributed by atoms with Crippen LogP contribution in [0.5, 0.6) is 0 Å². The number of aliphatic hydroxyl groups excluding tert-OH is 1. The highest BCUT2D eigenvalue weighted by Gasteiger charge is 2.29. The number of aromatic nitrogens is 1. The van der Waals surface area contributed by atoms with Gasteiger partial charge in [-0.2, -0.15) is 5.26 Å². The van der Waals surface area contributed by atoms with E-state index < -0.39 is 6.10 Å². The fourth-order valence-corrected chi connectivity index (χ4v) is 1.37. The summed E-state index contributed by atoms with van der Waals surface area (Å²) in [5.41, 5.74) is 0.732. The molecule has 0 radical (unpaired) electrons. The zero-order valence-electron chi connectivity index (χ0n) is 7.92. The Morgan fingerprint density at radius 1 is 1.60 bits per heavy atom. The molecular formula is C10H9N3O2. The summed E-state index contributed by atoms with van der Waals surface area (Å²) in [7, 11) is 0. The van der Waals surface area contributed by atoms with E-state index in [1.807, 2.05) is 6.07 Å². The lowest BCUT2D eigenvalue weighted by molar-refractivity contribution is 0.00550. The molecule has 1 aliphatic rings. The summed E-state index contributed by atoms with van der Waals surface area (Å²) in [5, 5.41) is 17.6. The van der Waals surface area contributed by atoms with E-state index in [-0.39, 0.29) is 5.91 Å². The Hall–Kier alpha value is -1.93. The zero-order chi connectivity index (χ0) is 10.8. The van der Waals surface area contributed by atoms with Crippen molar-refractivity contribution in [2.24, 2.45) is 0 Å². The molecule has 1 aromatic rings. The van der Waals surface area contributed by atoms with Crippen molar-refractivity contribution in [1.82, 2.24) is 9.88 Å². The number of amides is 1. The number of likely N-dealkylation sites (tertiary alicyclic amines) is 1. The van der Waals surface area contributed by atoms with Crippen LogP contribution in [0, 0.1) is 11.3 Å². The number of nitriles is 1. The number of pyridine rings is 1. The van der Waals surface area contributed by atoms with E-state index in [2.05, 4.69) is 4.98 Å². The minimum Gasteiger partial charge on any atom is -0.389 e. The van der Waals surface area contributed by atoms with Crippen molar-refractivity contribution in [3.63, 3.8) is 0 Å². The lowest BCUT2D eigenvalue weighted by Crippen LogP contribution is -2.53. The fourth-order valence-electron chi connectivity index (χ4n) is 1.37. The molecule has 2 rings (SSSR count). The SMILES string of the molecule is N#Cc1ccc(C(=O)N2CC(O)C2)nc1. The smallest absolute Gasteiger partial charge is 0.272 e. The Bertz CT molecular complexity index is 415. The molecular weight excluding hydrogens is 194 g/mol. The molecule has 1 fully saturated rings. The van der Waals surface area contributed by atoms with E-state index >= 15 is 0 Å². The highest BCUT2D eigenvalue weighted by Crippen LogP contribution is 2.11. The maximum absolute atomic E-state index is 11.6. The van der Waals surface area contributed by atoms with Crippen LogP contribution in [0.1, 0.15) is 16.1 Å². The maximum Gasteiger partial charge on any atom is 0.272 e. The molecule has 5 nitrogen and oxygen atoms in total. The van der Waals surface area contributed by atoms with Crippen LogP contribution in [0.15, 0.2) is 18.3 Å². The van der Waals surface area contributed by atoms with Crippen molar-refractivity contribution in [2.45, 2.75) is 6.10 Å². The third-order valence-corrected chi connectivity index (χ3v) is 2.26. The van der Waals surface area contributed by atoms with Gasteiger partial charge in [0.15, 0.2) is 0 Å². The second-order valence-corrected chi connectivity index (χ2v) is 3.41. The topological polar surface area (TPSA) is 77.2 Å². The van der Waals surface area contributed by atoms with Crippen molar-refractivity contribution >= 4 is 5.91 Å². The lowest BCUT2D eigenvalue weighted by Gasteiger charge is -2.35. The zero-order valence-corrected chi connectivity index (χ0v) is 7.92. The van der Waals surface area contributed by atoms with E-state index in [0.29, 0.717) is 24.3 Å². The molecule has 76 valence electrons. The number of hydrogen-bond acceptors (Lipinski definition) is 4. The van der Waals surface area contributed by atoms with Gasteiger partial charge in [-0.1, -0.05) is 0 Å². The third kappa shape index (κ3) is 1.80. The second kappa shape index (κ2) is 3.67. The highest BCUT2D eigenvalue weighted by atomic mass is 16.3. The van der Waals surface area contributed by atoms with Gasteiger partial charge in [0, 0.05) is 19.3 Å². The van der Waals surface area contributed by atoms with Crippen molar-refractivity contribution in [3.8, 4) is 6.07 Å². The van der Waals surface area contributed by atoms with E-state index in [1.165, 1.54) is 17.2 Å². The normalized spacial score (nSPS) is 15.6. The first-order chi connectivity index (χ1) is 7.20. The average Bonchev–Trinajstić information content (AvgIpc) is 2.24. The Morgan fingerprint density at radius 2 is 2.33 bits per heavy atom. The first kappa shape index (κ1) is 9.62. The summed E-state index contributed by atoms with van der Waals surface area (Å²) in [6.45, 7) is 0.723. The molecule has 0 atom stereocenters. The second-order valence-electron chi connectivity index (χ2n) is 3.41. The average molecular weight is 203 g/mol. The van der Waals surface area contributed by atoms with E-state index in [4.69, 9.17) is 10.4 Å². The molecule has 2 heterocycles. The van der Waals surface area contributed by atoms with E-state index in [0.717, 1.165) is 0 Å². The van der Waals surface area contributed by atoms with Crippen LogP contribution in [-0.4, -0.2) is 40.1 Å². The summed E-state index contributed by atoms with van der Waals surface area (Å²) in [6, 6.07) is 5.00. The predicted molar refractivity (Wildman–Crippen MR) is 50.9 cm³/mol. The van der Waals surface area contributed by atoms with Crippen molar-refractivity contribution in [3.05, 3.63) is 29.6 Å². The monoisotopic (exact) mass is 203 g/mol. The molecule has 1 saturated heterocycles. The van der Waals surface area contributed by atoms with Gasteiger partial charge in [-0.15, -0.1) is 0 Å². The Balaban J connectivity index is 2.10. The number of rotatable bonds is 1. The van der Waals surface area contributed by atoms with Crippen molar-refractivity contribution in [1.29, 1.82) is 5.26 Å². The van der Waals surface area contributed by atoms with E-state index in [1.54, 1.807) is 6.07 Å². The van der Waals surface area contributed by atoms with Crippen molar-refractivity contribution < 1.29 is 9.90 Å². The quantitative estimate of drug-likeness (QED) is 0.684. The minimum atomic E-state index is -0.410. The lowest BCUT2D eigenvalue weighted by atomic mass is 10.1. The van der Waals surface area contributed by atoms with Gasteiger partial charge in [0.25, 0.3) is 5.91 Å². The molecule has 5 heteroatoms. The number of carbonyl (C=O) groups is 1. The van der Waals surface area contributed by atoms with Gasteiger partial charge >= 0.3 is 0 Å². The summed E-state index contributed by atoms with van der Waals surface area (Å²) in [6.07, 6.45) is 0.955. The molecule has 1 N–H and O–H groups in total. The van der Waals surface area contributed by atoms with Gasteiger partial charge in [0.05, 0.1) is 11.7 Å². The van der Waals surface area contributed by atoms with Crippen LogP contribution in [0.4, 0.5) is 0 Å². The van der Waals surface area contributed by atoms with Crippen LogP contribution in [0.3, 0.4) is 0 Å². The van der Waals surface area contributed by atoms with Crippen LogP contribution < -0.4 is 0 Å². The van der Waals surface area contributed by atoms with Gasteiger partial charge in [-0.25, -0.2) is 4.98 Å². The van der Waals surface area contributed by atoms with Gasteiger partial charge < -0.3 is 10.0 Å². The standard InChI is InChI=1S/C10H9N3O2/c11-3-7-1-2-9(12-4-7)10(15)13-5-8(14)6-13/h1-2,4,8,14H,5-6H2. The fraction of sp³-hybridized carbons (Fsp3) is 0.300. The largest absolute Gasteiger partial charge is 0.389 e. The number of nitrogens with zero attached hydrogens (tertiary/aromatic N) is 3. The van der Waals surface area contributed by atoms with Crippen LogP contribution in [-0.2, 0) is 0 Å². The number of carbonyl (C=O) groups excluding carboxylic acids is 1. The molecule has 1 amide bonds. The van der Waals surface area contributed by atoms with Gasteiger partial charge in [0.1, 0.15) is 11.8 Å². The van der Waals surface area contributed by atoms with Crippen LogP contribution in [0.25, 0.3) is 0 Å². The van der Waals surface area contributed by atoms with E-state index in [9.17, 15) is 4.79 Å². The van der Waals surface area contributed by atoms with Crippen molar-refractivity contribution in [2.75, 3.05) is 13.1 Å². The third-order valence-electron chi connectivity index (χ3n) is 2.26. The summed E-state index contributed by atoms with van der Waals surface area (Å²) >= 11 is 0. The molecule has 0 saturated carbocycles. The Kier molecular flexibility index (Phi) is 2.35. The molecule has 0 unspecified atom stereocenters. The molecule has 1 aliphatic heterocycles. The summed E-state index contributed by atoms with van der Waals surface area (Å²) in [5.74, 6) is -0.204. The molecule has 1 aromatic heterocycles. The van der Waals surface area contributed by atoms with Crippen LogP contribution in [0.2, 0.25) is 0 Å². The maximum atomic E-state index is 11.6.